The van der Waals surface area contributed by atoms with Crippen molar-refractivity contribution >= 4 is 17.2 Å². The summed E-state index contributed by atoms with van der Waals surface area (Å²) < 4.78 is 7.19. The van der Waals surface area contributed by atoms with E-state index in [0.717, 1.165) is 42.5 Å². The van der Waals surface area contributed by atoms with E-state index in [4.69, 9.17) is 9.72 Å². The fraction of sp³-hybridized carbons (Fsp3) is 0.538. The van der Waals surface area contributed by atoms with Gasteiger partial charge in [0.2, 0.25) is 0 Å². The highest BCUT2D eigenvalue weighted by Crippen LogP contribution is 2.47. The van der Waals surface area contributed by atoms with Crippen LogP contribution in [0.25, 0.3) is 17.2 Å². The van der Waals surface area contributed by atoms with Crippen molar-refractivity contribution in [2.45, 2.75) is 58.6 Å². The van der Waals surface area contributed by atoms with Crippen molar-refractivity contribution in [3.05, 3.63) is 45.5 Å². The van der Waals surface area contributed by atoms with Gasteiger partial charge < -0.3 is 9.64 Å². The van der Waals surface area contributed by atoms with Crippen LogP contribution in [0.3, 0.4) is 0 Å². The number of nitrogens with zero attached hydrogens (tertiary/aromatic N) is 5. The maximum atomic E-state index is 13.9. The van der Waals surface area contributed by atoms with Gasteiger partial charge in [-0.3, -0.25) is 4.79 Å². The molecule has 2 aliphatic carbocycles. The average molecular weight is 478 g/mol. The Bertz CT molecular complexity index is 1220. The second kappa shape index (κ2) is 8.57. The first kappa shape index (κ1) is 21.9. The molecule has 1 amide bonds. The number of aryl methyl sites for hydroxylation is 2. The Morgan fingerprint density at radius 1 is 1.15 bits per heavy atom. The van der Waals surface area contributed by atoms with Gasteiger partial charge in [-0.1, -0.05) is 0 Å². The lowest BCUT2D eigenvalue weighted by Gasteiger charge is -2.39. The fourth-order valence-electron chi connectivity index (χ4n) is 6.67. The van der Waals surface area contributed by atoms with E-state index in [1.165, 1.54) is 29.0 Å². The minimum absolute atomic E-state index is 0.0805. The van der Waals surface area contributed by atoms with Gasteiger partial charge in [0.1, 0.15) is 0 Å². The number of hydrogen-bond acceptors (Lipinski definition) is 6. The molecule has 3 aromatic rings. The van der Waals surface area contributed by atoms with E-state index in [1.807, 2.05) is 6.07 Å². The van der Waals surface area contributed by atoms with Crippen LogP contribution in [0.4, 0.5) is 0 Å². The van der Waals surface area contributed by atoms with Crippen molar-refractivity contribution in [3.8, 4) is 17.2 Å². The molecule has 0 N–H and O–H groups in total. The number of thiophene rings is 1. The number of ether oxygens (including phenoxy) is 1. The van der Waals surface area contributed by atoms with Crippen LogP contribution < -0.4 is 0 Å². The Balaban J connectivity index is 1.35. The zero-order valence-corrected chi connectivity index (χ0v) is 20.8. The lowest BCUT2D eigenvalue weighted by Crippen LogP contribution is -2.42. The highest BCUT2D eigenvalue weighted by atomic mass is 32.1. The summed E-state index contributed by atoms with van der Waals surface area (Å²) in [6.07, 6.45) is 9.66. The fourth-order valence-corrected chi connectivity index (χ4v) is 7.61. The quantitative estimate of drug-likeness (QED) is 0.528. The third-order valence-corrected chi connectivity index (χ3v) is 8.86. The van der Waals surface area contributed by atoms with Crippen LogP contribution in [-0.2, 0) is 11.3 Å². The first-order valence-corrected chi connectivity index (χ1v) is 13.1. The van der Waals surface area contributed by atoms with Crippen LogP contribution in [0, 0.1) is 31.6 Å². The Hall–Kier alpha value is -2.58. The summed E-state index contributed by atoms with van der Waals surface area (Å²) in [5.74, 6) is 2.77. The molecule has 2 aliphatic heterocycles. The molecule has 8 heteroatoms. The smallest absolute Gasteiger partial charge is 0.257 e. The predicted molar refractivity (Wildman–Crippen MR) is 131 cm³/mol. The highest BCUT2D eigenvalue weighted by molar-refractivity contribution is 7.12. The van der Waals surface area contributed by atoms with E-state index in [9.17, 15) is 4.79 Å². The van der Waals surface area contributed by atoms with Gasteiger partial charge in [-0.2, -0.15) is 9.78 Å². The van der Waals surface area contributed by atoms with Gasteiger partial charge in [-0.15, -0.1) is 11.3 Å². The summed E-state index contributed by atoms with van der Waals surface area (Å²) in [4.78, 5) is 27.8. The van der Waals surface area contributed by atoms with Crippen LogP contribution in [0.2, 0.25) is 0 Å². The monoisotopic (exact) mass is 477 g/mol. The molecule has 34 heavy (non-hydrogen) atoms. The van der Waals surface area contributed by atoms with Crippen molar-refractivity contribution in [2.24, 2.45) is 17.8 Å². The number of hydrogen-bond donors (Lipinski definition) is 0. The first-order valence-electron chi connectivity index (χ1n) is 12.3. The molecular weight excluding hydrogens is 446 g/mol. The van der Waals surface area contributed by atoms with Gasteiger partial charge in [0, 0.05) is 41.2 Å². The van der Waals surface area contributed by atoms with E-state index in [0.29, 0.717) is 29.2 Å². The molecule has 0 radical (unpaired) electrons. The van der Waals surface area contributed by atoms with E-state index in [2.05, 4.69) is 34.9 Å². The van der Waals surface area contributed by atoms with E-state index in [1.54, 1.807) is 35.5 Å². The van der Waals surface area contributed by atoms with Crippen molar-refractivity contribution in [2.75, 3.05) is 13.7 Å². The van der Waals surface area contributed by atoms with Gasteiger partial charge in [0.15, 0.2) is 0 Å². The number of aromatic nitrogens is 4. The minimum Gasteiger partial charge on any atom is -0.378 e. The van der Waals surface area contributed by atoms with E-state index >= 15 is 0 Å². The first-order chi connectivity index (χ1) is 16.5. The molecule has 0 aromatic carbocycles. The Labute approximate surface area is 204 Å². The average Bonchev–Trinajstić information content (AvgIpc) is 3.32. The topological polar surface area (TPSA) is 73.1 Å². The lowest BCUT2D eigenvalue weighted by molar-refractivity contribution is 0.0628. The van der Waals surface area contributed by atoms with Gasteiger partial charge in [0.05, 0.1) is 29.8 Å². The van der Waals surface area contributed by atoms with Gasteiger partial charge in [-0.05, 0) is 75.8 Å². The van der Waals surface area contributed by atoms with Crippen molar-refractivity contribution in [3.63, 3.8) is 0 Å². The number of fused-ring (bicyclic) bond motifs is 1. The van der Waals surface area contributed by atoms with Crippen LogP contribution in [0.15, 0.2) is 24.5 Å². The maximum absolute atomic E-state index is 13.9. The second-order valence-electron chi connectivity index (χ2n) is 10.3. The molecule has 3 aromatic heterocycles. The third-order valence-electron chi connectivity index (χ3n) is 7.90. The van der Waals surface area contributed by atoms with Crippen LogP contribution in [-0.4, -0.2) is 50.3 Å². The number of rotatable bonds is 5. The SMILES string of the molecule is COCc1c(C(=O)N2CC3C[C@@H]4CC2C[C@H](C3)C4)cnn1-c1nccc(-c2cc(C)sc2C)n1. The van der Waals surface area contributed by atoms with Crippen LogP contribution in [0.5, 0.6) is 0 Å². The van der Waals surface area contributed by atoms with Crippen LogP contribution in [0.1, 0.15) is 57.9 Å². The summed E-state index contributed by atoms with van der Waals surface area (Å²) in [6.45, 7) is 5.36. The molecule has 2 unspecified atom stereocenters. The van der Waals surface area contributed by atoms with Crippen molar-refractivity contribution in [1.82, 2.24) is 24.6 Å². The molecule has 2 saturated carbocycles. The molecule has 178 valence electrons. The lowest BCUT2D eigenvalue weighted by atomic mass is 9.68. The molecular formula is C26H31N5O2S. The number of amides is 1. The summed E-state index contributed by atoms with van der Waals surface area (Å²) in [7, 11) is 1.65. The number of carbonyl (C=O) groups excluding carboxylic acids is 1. The normalized spacial score (nSPS) is 25.7. The molecule has 5 heterocycles. The van der Waals surface area contributed by atoms with Crippen molar-refractivity contribution < 1.29 is 9.53 Å². The van der Waals surface area contributed by atoms with Gasteiger partial charge in [-0.25, -0.2) is 9.97 Å². The zero-order valence-electron chi connectivity index (χ0n) is 20.0. The third kappa shape index (κ3) is 3.77. The predicted octanol–water partition coefficient (Wildman–Crippen LogP) is 4.80. The highest BCUT2D eigenvalue weighted by Gasteiger charge is 2.44. The Morgan fingerprint density at radius 2 is 1.91 bits per heavy atom. The largest absolute Gasteiger partial charge is 0.378 e. The van der Waals surface area contributed by atoms with Gasteiger partial charge >= 0.3 is 0 Å². The molecule has 4 bridgehead atoms. The zero-order chi connectivity index (χ0) is 23.4. The molecule has 7 rings (SSSR count). The second-order valence-corrected chi connectivity index (χ2v) is 11.8. The molecule has 4 aliphatic rings. The number of carbonyl (C=O) groups is 1. The standard InChI is InChI=1S/C26H31N5O2S/c1-15-6-21(16(2)34-15)23-4-5-27-26(29-23)31-24(14-33-3)22(12-28-31)25(32)30-13-19-8-17-7-18(9-19)11-20(30)10-17/h4-6,12,17-20H,7-11,13-14H2,1-3H3/t17-,18+,19?,20?. The molecule has 0 spiro atoms. The van der Waals surface area contributed by atoms with Crippen LogP contribution >= 0.6 is 11.3 Å². The summed E-state index contributed by atoms with van der Waals surface area (Å²) in [5, 5.41) is 4.58. The number of methoxy groups -OCH3 is 1. The molecule has 2 saturated heterocycles. The molecule has 7 nitrogen and oxygen atoms in total. The summed E-state index contributed by atoms with van der Waals surface area (Å²) >= 11 is 1.76. The summed E-state index contributed by atoms with van der Waals surface area (Å²) in [6, 6.07) is 4.43. The molecule has 4 atom stereocenters. The van der Waals surface area contributed by atoms with Gasteiger partial charge in [0.25, 0.3) is 11.9 Å². The van der Waals surface area contributed by atoms with E-state index < -0.39 is 0 Å². The Kier molecular flexibility index (Phi) is 5.53. The molecule has 4 fully saturated rings. The minimum atomic E-state index is 0.0805. The summed E-state index contributed by atoms with van der Waals surface area (Å²) in [5.41, 5.74) is 3.30. The van der Waals surface area contributed by atoms with Crippen molar-refractivity contribution in [1.29, 1.82) is 0 Å². The van der Waals surface area contributed by atoms with E-state index in [-0.39, 0.29) is 12.5 Å². The maximum Gasteiger partial charge on any atom is 0.257 e. The Morgan fingerprint density at radius 3 is 2.62 bits per heavy atom.